The number of thioether (sulfide) groups is 1. The molecule has 24 heavy (non-hydrogen) atoms. The fourth-order valence-electron chi connectivity index (χ4n) is 2.98. The van der Waals surface area contributed by atoms with Crippen molar-refractivity contribution in [1.82, 2.24) is 19.7 Å². The van der Waals surface area contributed by atoms with Crippen LogP contribution in [0.4, 0.5) is 4.39 Å². The first-order valence-electron chi connectivity index (χ1n) is 8.26. The van der Waals surface area contributed by atoms with Gasteiger partial charge in [0.2, 0.25) is 0 Å². The first-order valence-corrected chi connectivity index (χ1v) is 9.65. The molecule has 0 saturated carbocycles. The number of aliphatic hydroxyl groups is 1. The SMILES string of the molecule is CSCCc1nc(CN2CCC[C@@H](O)C2)n(-c2cccc(F)c2)n1. The number of aromatic nitrogens is 3. The molecular formula is C17H23FN4OS. The summed E-state index contributed by atoms with van der Waals surface area (Å²) in [7, 11) is 0. The summed E-state index contributed by atoms with van der Waals surface area (Å²) in [5.74, 6) is 2.25. The minimum Gasteiger partial charge on any atom is -0.392 e. The first-order chi connectivity index (χ1) is 11.7. The standard InChI is InChI=1S/C17H23FN4OS/c1-24-9-7-16-19-17(12-21-8-3-6-15(23)11-21)22(20-16)14-5-2-4-13(18)10-14/h2,4-5,10,15,23H,3,6-9,11-12H2,1H3/t15-/m1/s1. The van der Waals surface area contributed by atoms with Crippen LogP contribution in [0.25, 0.3) is 5.69 Å². The lowest BCUT2D eigenvalue weighted by molar-refractivity contribution is 0.0651. The van der Waals surface area contributed by atoms with Gasteiger partial charge in [0.25, 0.3) is 0 Å². The van der Waals surface area contributed by atoms with Crippen LogP contribution in [0.1, 0.15) is 24.5 Å². The van der Waals surface area contributed by atoms with Crippen LogP contribution in [0.2, 0.25) is 0 Å². The van der Waals surface area contributed by atoms with E-state index in [4.69, 9.17) is 0 Å². The average molecular weight is 350 g/mol. The van der Waals surface area contributed by atoms with E-state index >= 15 is 0 Å². The lowest BCUT2D eigenvalue weighted by Crippen LogP contribution is -2.38. The van der Waals surface area contributed by atoms with Crippen molar-refractivity contribution < 1.29 is 9.50 Å². The van der Waals surface area contributed by atoms with Crippen molar-refractivity contribution >= 4 is 11.8 Å². The molecule has 5 nitrogen and oxygen atoms in total. The lowest BCUT2D eigenvalue weighted by atomic mass is 10.1. The van der Waals surface area contributed by atoms with Crippen LogP contribution in [-0.2, 0) is 13.0 Å². The average Bonchev–Trinajstić information content (AvgIpc) is 2.96. The Kier molecular flexibility index (Phi) is 5.86. The van der Waals surface area contributed by atoms with Crippen LogP contribution in [0.3, 0.4) is 0 Å². The maximum absolute atomic E-state index is 13.6. The number of β-amino-alcohol motifs (C(OH)–C–C–N with tert-alkyl or cyclic N) is 1. The van der Waals surface area contributed by atoms with E-state index in [9.17, 15) is 9.50 Å². The van der Waals surface area contributed by atoms with Crippen molar-refractivity contribution in [2.24, 2.45) is 0 Å². The molecule has 1 aromatic heterocycles. The Morgan fingerprint density at radius 1 is 1.42 bits per heavy atom. The Hall–Kier alpha value is -1.44. The van der Waals surface area contributed by atoms with Gasteiger partial charge in [0.1, 0.15) is 11.6 Å². The normalized spacial score (nSPS) is 18.9. The molecule has 0 spiro atoms. The van der Waals surface area contributed by atoms with Gasteiger partial charge in [-0.3, -0.25) is 4.90 Å². The van der Waals surface area contributed by atoms with Crippen molar-refractivity contribution in [1.29, 1.82) is 0 Å². The zero-order valence-corrected chi connectivity index (χ0v) is 14.7. The summed E-state index contributed by atoms with van der Waals surface area (Å²) in [5, 5.41) is 14.4. The molecule has 0 radical (unpaired) electrons. The molecule has 2 heterocycles. The number of halogens is 1. The molecule has 0 aliphatic carbocycles. The van der Waals surface area contributed by atoms with Crippen molar-refractivity contribution in [3.05, 3.63) is 41.7 Å². The number of nitrogens with zero attached hydrogens (tertiary/aromatic N) is 4. The van der Waals surface area contributed by atoms with Gasteiger partial charge in [0, 0.05) is 18.7 Å². The topological polar surface area (TPSA) is 54.2 Å². The monoisotopic (exact) mass is 350 g/mol. The number of piperidine rings is 1. The zero-order chi connectivity index (χ0) is 16.9. The smallest absolute Gasteiger partial charge is 0.152 e. The van der Waals surface area contributed by atoms with Crippen molar-refractivity contribution in [3.63, 3.8) is 0 Å². The maximum atomic E-state index is 13.6. The van der Waals surface area contributed by atoms with Gasteiger partial charge in [0.05, 0.1) is 18.3 Å². The van der Waals surface area contributed by atoms with E-state index in [-0.39, 0.29) is 11.9 Å². The summed E-state index contributed by atoms with van der Waals surface area (Å²) in [6.07, 6.45) is 4.40. The van der Waals surface area contributed by atoms with Crippen molar-refractivity contribution in [3.8, 4) is 5.69 Å². The number of benzene rings is 1. The molecule has 0 amide bonds. The van der Waals surface area contributed by atoms with Gasteiger partial charge in [-0.25, -0.2) is 14.1 Å². The second-order valence-electron chi connectivity index (χ2n) is 6.11. The lowest BCUT2D eigenvalue weighted by Gasteiger charge is -2.29. The van der Waals surface area contributed by atoms with Gasteiger partial charge >= 0.3 is 0 Å². The molecule has 0 unspecified atom stereocenters. The van der Waals surface area contributed by atoms with Gasteiger partial charge in [0.15, 0.2) is 5.82 Å². The van der Waals surface area contributed by atoms with Crippen LogP contribution >= 0.6 is 11.8 Å². The largest absolute Gasteiger partial charge is 0.392 e. The highest BCUT2D eigenvalue weighted by Crippen LogP contribution is 2.17. The number of likely N-dealkylation sites (tertiary alicyclic amines) is 1. The molecule has 1 saturated heterocycles. The third-order valence-corrected chi connectivity index (χ3v) is 4.76. The first kappa shape index (κ1) is 17.4. The van der Waals surface area contributed by atoms with E-state index < -0.39 is 0 Å². The van der Waals surface area contributed by atoms with Crippen LogP contribution in [-0.4, -0.2) is 56.0 Å². The summed E-state index contributed by atoms with van der Waals surface area (Å²) in [6.45, 7) is 2.20. The molecule has 1 fully saturated rings. The summed E-state index contributed by atoms with van der Waals surface area (Å²) < 4.78 is 15.3. The van der Waals surface area contributed by atoms with E-state index in [0.717, 1.165) is 43.2 Å². The highest BCUT2D eigenvalue weighted by atomic mass is 32.2. The van der Waals surface area contributed by atoms with Crippen LogP contribution in [0, 0.1) is 5.82 Å². The highest BCUT2D eigenvalue weighted by Gasteiger charge is 2.21. The molecule has 1 aromatic carbocycles. The van der Waals surface area contributed by atoms with E-state index in [1.54, 1.807) is 22.5 Å². The van der Waals surface area contributed by atoms with Crippen LogP contribution in [0.15, 0.2) is 24.3 Å². The van der Waals surface area contributed by atoms with Gasteiger partial charge in [-0.15, -0.1) is 0 Å². The van der Waals surface area contributed by atoms with Crippen molar-refractivity contribution in [2.75, 3.05) is 25.1 Å². The second kappa shape index (κ2) is 8.09. The predicted molar refractivity (Wildman–Crippen MR) is 93.9 cm³/mol. The quantitative estimate of drug-likeness (QED) is 0.866. The maximum Gasteiger partial charge on any atom is 0.152 e. The third-order valence-electron chi connectivity index (χ3n) is 4.15. The van der Waals surface area contributed by atoms with Gasteiger partial charge in [-0.2, -0.15) is 16.9 Å². The molecule has 1 N–H and O–H groups in total. The minimum absolute atomic E-state index is 0.278. The summed E-state index contributed by atoms with van der Waals surface area (Å²) in [4.78, 5) is 6.85. The molecule has 3 rings (SSSR count). The predicted octanol–water partition coefficient (Wildman–Crippen LogP) is 2.27. The van der Waals surface area contributed by atoms with Gasteiger partial charge < -0.3 is 5.11 Å². The Balaban J connectivity index is 1.86. The molecular weight excluding hydrogens is 327 g/mol. The molecule has 1 aliphatic heterocycles. The molecule has 7 heteroatoms. The van der Waals surface area contributed by atoms with Gasteiger partial charge in [-0.05, 0) is 43.8 Å². The second-order valence-corrected chi connectivity index (χ2v) is 7.10. The summed E-state index contributed by atoms with van der Waals surface area (Å²) >= 11 is 1.75. The molecule has 130 valence electrons. The minimum atomic E-state index is -0.284. The van der Waals surface area contributed by atoms with Crippen LogP contribution in [0.5, 0.6) is 0 Å². The summed E-state index contributed by atoms with van der Waals surface area (Å²) in [5.41, 5.74) is 0.686. The van der Waals surface area contributed by atoms with E-state index in [2.05, 4.69) is 21.2 Å². The molecule has 0 bridgehead atoms. The Morgan fingerprint density at radius 2 is 2.29 bits per heavy atom. The third kappa shape index (κ3) is 4.34. The van der Waals surface area contributed by atoms with E-state index in [1.165, 1.54) is 12.1 Å². The Morgan fingerprint density at radius 3 is 3.04 bits per heavy atom. The summed E-state index contributed by atoms with van der Waals surface area (Å²) in [6, 6.07) is 6.42. The van der Waals surface area contributed by atoms with Gasteiger partial charge in [-0.1, -0.05) is 6.07 Å². The van der Waals surface area contributed by atoms with E-state index in [0.29, 0.717) is 18.8 Å². The van der Waals surface area contributed by atoms with Crippen molar-refractivity contribution in [2.45, 2.75) is 31.9 Å². The highest BCUT2D eigenvalue weighted by molar-refractivity contribution is 7.98. The molecule has 1 aliphatic rings. The fourth-order valence-corrected chi connectivity index (χ4v) is 3.37. The number of hydrogen-bond donors (Lipinski definition) is 1. The zero-order valence-electron chi connectivity index (χ0n) is 13.9. The Labute approximate surface area is 145 Å². The Bertz CT molecular complexity index is 678. The number of aliphatic hydroxyl groups excluding tert-OH is 1. The molecule has 2 aromatic rings. The fraction of sp³-hybridized carbons (Fsp3) is 0.529. The molecule has 1 atom stereocenters. The number of rotatable bonds is 6. The number of aryl methyl sites for hydroxylation is 1. The number of hydrogen-bond acceptors (Lipinski definition) is 5. The van der Waals surface area contributed by atoms with Crippen LogP contribution < -0.4 is 0 Å². The van der Waals surface area contributed by atoms with E-state index in [1.807, 2.05) is 6.07 Å².